The van der Waals surface area contributed by atoms with Crippen molar-refractivity contribution in [1.29, 1.82) is 0 Å². The van der Waals surface area contributed by atoms with E-state index in [1.165, 1.54) is 12.1 Å². The largest absolute Gasteiger partial charge is 0.377 e. The van der Waals surface area contributed by atoms with Gasteiger partial charge in [0.05, 0.1) is 18.6 Å². The average molecular weight is 335 g/mol. The third kappa shape index (κ3) is 5.77. The third-order valence-electron chi connectivity index (χ3n) is 3.43. The van der Waals surface area contributed by atoms with E-state index in [1.54, 1.807) is 23.5 Å². The van der Waals surface area contributed by atoms with Crippen LogP contribution in [-0.2, 0) is 16.0 Å². The number of hydrogen-bond donors (Lipinski definition) is 1. The van der Waals surface area contributed by atoms with Crippen LogP contribution >= 0.6 is 11.3 Å². The highest BCUT2D eigenvalue weighted by Gasteiger charge is 2.21. The van der Waals surface area contributed by atoms with Crippen LogP contribution < -0.4 is 5.32 Å². The molecule has 1 aromatic heterocycles. The summed E-state index contributed by atoms with van der Waals surface area (Å²) in [6.07, 6.45) is 0.756. The number of carbonyl (C=O) groups is 1. The minimum atomic E-state index is -0.326. The first-order valence-corrected chi connectivity index (χ1v) is 8.61. The fraction of sp³-hybridized carbons (Fsp3) is 0.389. The van der Waals surface area contributed by atoms with Gasteiger partial charge in [-0.15, -0.1) is 11.3 Å². The van der Waals surface area contributed by atoms with Crippen molar-refractivity contribution in [1.82, 2.24) is 5.32 Å². The van der Waals surface area contributed by atoms with Gasteiger partial charge < -0.3 is 10.1 Å². The molecule has 3 nitrogen and oxygen atoms in total. The average Bonchev–Trinajstić information content (AvgIpc) is 3.03. The lowest BCUT2D eigenvalue weighted by Crippen LogP contribution is -2.33. The predicted octanol–water partition coefficient (Wildman–Crippen LogP) is 3.75. The van der Waals surface area contributed by atoms with E-state index in [9.17, 15) is 9.18 Å². The van der Waals surface area contributed by atoms with Gasteiger partial charge in [-0.1, -0.05) is 18.2 Å². The van der Waals surface area contributed by atoms with Crippen molar-refractivity contribution >= 4 is 17.2 Å². The van der Waals surface area contributed by atoms with Gasteiger partial charge >= 0.3 is 0 Å². The van der Waals surface area contributed by atoms with Crippen LogP contribution in [0.2, 0.25) is 0 Å². The van der Waals surface area contributed by atoms with Crippen molar-refractivity contribution in [3.63, 3.8) is 0 Å². The van der Waals surface area contributed by atoms with E-state index in [1.807, 2.05) is 31.4 Å². The SMILES string of the molecule is CC(C)OCCNC(=O)C(Cc1cccs1)c1ccc(F)cc1. The van der Waals surface area contributed by atoms with Gasteiger partial charge in [-0.05, 0) is 49.4 Å². The molecule has 1 aromatic carbocycles. The predicted molar refractivity (Wildman–Crippen MR) is 91.3 cm³/mol. The maximum Gasteiger partial charge on any atom is 0.227 e. The maximum absolute atomic E-state index is 13.1. The van der Waals surface area contributed by atoms with E-state index in [0.717, 1.165) is 10.4 Å². The minimum Gasteiger partial charge on any atom is -0.377 e. The van der Waals surface area contributed by atoms with Gasteiger partial charge in [0.2, 0.25) is 5.91 Å². The smallest absolute Gasteiger partial charge is 0.227 e. The number of carbonyl (C=O) groups excluding carboxylic acids is 1. The summed E-state index contributed by atoms with van der Waals surface area (Å²) < 4.78 is 18.6. The van der Waals surface area contributed by atoms with Gasteiger partial charge in [-0.25, -0.2) is 4.39 Å². The molecule has 23 heavy (non-hydrogen) atoms. The van der Waals surface area contributed by atoms with Crippen LogP contribution in [0.15, 0.2) is 41.8 Å². The lowest BCUT2D eigenvalue weighted by atomic mass is 9.94. The Bertz CT molecular complexity index is 596. The molecule has 1 amide bonds. The van der Waals surface area contributed by atoms with Crippen LogP contribution in [0.1, 0.15) is 30.2 Å². The molecule has 1 heterocycles. The van der Waals surface area contributed by atoms with Gasteiger partial charge in [-0.3, -0.25) is 4.79 Å². The molecule has 5 heteroatoms. The zero-order valence-corrected chi connectivity index (χ0v) is 14.2. The molecule has 1 unspecified atom stereocenters. The number of benzene rings is 1. The standard InChI is InChI=1S/C18H22FNO2S/c1-13(2)22-10-9-20-18(21)17(12-16-4-3-11-23-16)14-5-7-15(19)8-6-14/h3-8,11,13,17H,9-10,12H2,1-2H3,(H,20,21). The summed E-state index contributed by atoms with van der Waals surface area (Å²) in [5.41, 5.74) is 0.821. The van der Waals surface area contributed by atoms with Crippen LogP contribution in [0.4, 0.5) is 4.39 Å². The van der Waals surface area contributed by atoms with Crippen molar-refractivity contribution in [3.05, 3.63) is 58.0 Å². The molecule has 0 saturated heterocycles. The van der Waals surface area contributed by atoms with Crippen LogP contribution in [0.25, 0.3) is 0 Å². The monoisotopic (exact) mass is 335 g/mol. The molecule has 0 aliphatic heterocycles. The number of amides is 1. The van der Waals surface area contributed by atoms with E-state index in [2.05, 4.69) is 5.32 Å². The maximum atomic E-state index is 13.1. The molecule has 0 aliphatic rings. The van der Waals surface area contributed by atoms with E-state index >= 15 is 0 Å². The Morgan fingerprint density at radius 1 is 1.26 bits per heavy atom. The fourth-order valence-corrected chi connectivity index (χ4v) is 3.03. The topological polar surface area (TPSA) is 38.3 Å². The van der Waals surface area contributed by atoms with Crippen LogP contribution in [0.5, 0.6) is 0 Å². The number of thiophene rings is 1. The van der Waals surface area contributed by atoms with Gasteiger partial charge in [0.15, 0.2) is 0 Å². The second kappa shape index (κ2) is 8.79. The molecule has 0 spiro atoms. The van der Waals surface area contributed by atoms with Gasteiger partial charge in [0.25, 0.3) is 0 Å². The number of nitrogens with one attached hydrogen (secondary N) is 1. The van der Waals surface area contributed by atoms with Crippen molar-refractivity contribution in [2.45, 2.75) is 32.3 Å². The van der Waals surface area contributed by atoms with Gasteiger partial charge in [-0.2, -0.15) is 0 Å². The number of hydrogen-bond acceptors (Lipinski definition) is 3. The number of rotatable bonds is 8. The fourth-order valence-electron chi connectivity index (χ4n) is 2.28. The van der Waals surface area contributed by atoms with E-state index in [0.29, 0.717) is 19.6 Å². The Balaban J connectivity index is 2.03. The Hall–Kier alpha value is -1.72. The first-order valence-electron chi connectivity index (χ1n) is 7.73. The molecule has 2 aromatic rings. The molecule has 0 fully saturated rings. The molecule has 0 aliphatic carbocycles. The highest BCUT2D eigenvalue weighted by atomic mass is 32.1. The van der Waals surface area contributed by atoms with Gasteiger partial charge in [0, 0.05) is 11.4 Å². The highest BCUT2D eigenvalue weighted by molar-refractivity contribution is 7.09. The van der Waals surface area contributed by atoms with E-state index in [-0.39, 0.29) is 23.7 Å². The minimum absolute atomic E-state index is 0.0580. The quantitative estimate of drug-likeness (QED) is 0.746. The summed E-state index contributed by atoms with van der Waals surface area (Å²) in [5.74, 6) is -0.681. The summed E-state index contributed by atoms with van der Waals surface area (Å²) in [7, 11) is 0. The number of halogens is 1. The normalized spacial score (nSPS) is 12.3. The van der Waals surface area contributed by atoms with Crippen molar-refractivity contribution < 1.29 is 13.9 Å². The summed E-state index contributed by atoms with van der Waals surface area (Å²) in [4.78, 5) is 13.7. The summed E-state index contributed by atoms with van der Waals surface area (Å²) in [5, 5.41) is 4.90. The lowest BCUT2D eigenvalue weighted by molar-refractivity contribution is -0.122. The molecular weight excluding hydrogens is 313 g/mol. The van der Waals surface area contributed by atoms with Crippen molar-refractivity contribution in [3.8, 4) is 0 Å². The Morgan fingerprint density at radius 3 is 2.61 bits per heavy atom. The third-order valence-corrected chi connectivity index (χ3v) is 4.33. The first-order chi connectivity index (χ1) is 11.1. The number of ether oxygens (including phenoxy) is 1. The van der Waals surface area contributed by atoms with Crippen LogP contribution in [-0.4, -0.2) is 25.2 Å². The van der Waals surface area contributed by atoms with Crippen LogP contribution in [0, 0.1) is 5.82 Å². The zero-order valence-electron chi connectivity index (χ0n) is 13.4. The Kier molecular flexibility index (Phi) is 6.74. The Morgan fingerprint density at radius 2 is 2.00 bits per heavy atom. The second-order valence-corrected chi connectivity index (χ2v) is 6.63. The molecule has 0 saturated carbocycles. The molecule has 0 bridgehead atoms. The molecule has 0 radical (unpaired) electrons. The molecule has 1 atom stereocenters. The summed E-state index contributed by atoms with van der Waals surface area (Å²) in [6, 6.07) is 10.1. The zero-order chi connectivity index (χ0) is 16.7. The molecular formula is C18H22FNO2S. The van der Waals surface area contributed by atoms with Crippen molar-refractivity contribution in [2.75, 3.05) is 13.2 Å². The summed E-state index contributed by atoms with van der Waals surface area (Å²) in [6.45, 7) is 4.87. The summed E-state index contributed by atoms with van der Waals surface area (Å²) >= 11 is 1.62. The molecule has 1 N–H and O–H groups in total. The molecule has 124 valence electrons. The van der Waals surface area contributed by atoms with Crippen molar-refractivity contribution in [2.24, 2.45) is 0 Å². The highest BCUT2D eigenvalue weighted by Crippen LogP contribution is 2.24. The second-order valence-electron chi connectivity index (χ2n) is 5.60. The molecule has 2 rings (SSSR count). The first kappa shape index (κ1) is 17.6. The van der Waals surface area contributed by atoms with E-state index in [4.69, 9.17) is 4.74 Å². The Labute approximate surface area is 140 Å². The lowest BCUT2D eigenvalue weighted by Gasteiger charge is -2.17. The van der Waals surface area contributed by atoms with Gasteiger partial charge in [0.1, 0.15) is 5.82 Å². The van der Waals surface area contributed by atoms with Crippen LogP contribution in [0.3, 0.4) is 0 Å². The van der Waals surface area contributed by atoms with E-state index < -0.39 is 0 Å².